The maximum absolute atomic E-state index is 12.6. The van der Waals surface area contributed by atoms with E-state index >= 15 is 0 Å². The van der Waals surface area contributed by atoms with E-state index in [0.29, 0.717) is 24.8 Å². The summed E-state index contributed by atoms with van der Waals surface area (Å²) in [4.78, 5) is 13.8. The SMILES string of the molecule is CCN(CC)S(=O)(=O)c1ccc(NC(=O)CSc2nnc(-c3cccs3)n2C2CC2)cc1. The third-order valence-electron chi connectivity index (χ3n) is 5.13. The summed E-state index contributed by atoms with van der Waals surface area (Å²) in [5.41, 5.74) is 0.553. The van der Waals surface area contributed by atoms with Crippen molar-refractivity contribution >= 4 is 44.7 Å². The number of benzene rings is 1. The van der Waals surface area contributed by atoms with E-state index < -0.39 is 10.0 Å². The molecular formula is C21H25N5O3S3. The number of nitrogens with one attached hydrogen (secondary N) is 1. The molecule has 1 aromatic carbocycles. The van der Waals surface area contributed by atoms with Crippen LogP contribution in [0.1, 0.15) is 32.7 Å². The Bertz CT molecular complexity index is 1170. The van der Waals surface area contributed by atoms with Gasteiger partial charge in [0.05, 0.1) is 15.5 Å². The van der Waals surface area contributed by atoms with Crippen LogP contribution in [0.25, 0.3) is 10.7 Å². The zero-order chi connectivity index (χ0) is 22.7. The van der Waals surface area contributed by atoms with Gasteiger partial charge in [0.2, 0.25) is 15.9 Å². The number of carbonyl (C=O) groups is 1. The number of anilines is 1. The van der Waals surface area contributed by atoms with Crippen LogP contribution < -0.4 is 5.32 Å². The molecule has 0 spiro atoms. The highest BCUT2D eigenvalue weighted by Crippen LogP contribution is 2.41. The highest BCUT2D eigenvalue weighted by atomic mass is 32.2. The molecule has 1 N–H and O–H groups in total. The molecule has 3 aromatic rings. The quantitative estimate of drug-likeness (QED) is 0.429. The average Bonchev–Trinajstić information content (AvgIpc) is 3.30. The Morgan fingerprint density at radius 1 is 1.19 bits per heavy atom. The summed E-state index contributed by atoms with van der Waals surface area (Å²) in [7, 11) is -3.52. The van der Waals surface area contributed by atoms with Crippen molar-refractivity contribution in [1.29, 1.82) is 0 Å². The van der Waals surface area contributed by atoms with E-state index in [-0.39, 0.29) is 16.6 Å². The van der Waals surface area contributed by atoms with Crippen molar-refractivity contribution in [3.63, 3.8) is 0 Å². The molecule has 0 radical (unpaired) electrons. The Morgan fingerprint density at radius 3 is 2.50 bits per heavy atom. The van der Waals surface area contributed by atoms with Crippen molar-refractivity contribution in [1.82, 2.24) is 19.1 Å². The van der Waals surface area contributed by atoms with Crippen molar-refractivity contribution in [2.24, 2.45) is 0 Å². The van der Waals surface area contributed by atoms with Gasteiger partial charge in [-0.2, -0.15) is 4.31 Å². The number of hydrogen-bond donors (Lipinski definition) is 1. The molecule has 1 amide bonds. The van der Waals surface area contributed by atoms with Gasteiger partial charge in [0.1, 0.15) is 0 Å². The van der Waals surface area contributed by atoms with Crippen LogP contribution in [0, 0.1) is 0 Å². The molecule has 2 aromatic heterocycles. The van der Waals surface area contributed by atoms with Crippen LogP contribution in [0.15, 0.2) is 51.8 Å². The third kappa shape index (κ3) is 4.90. The van der Waals surface area contributed by atoms with Crippen LogP contribution in [-0.4, -0.2) is 52.2 Å². The number of rotatable bonds is 10. The Balaban J connectivity index is 1.39. The van der Waals surface area contributed by atoms with Crippen LogP contribution >= 0.6 is 23.1 Å². The minimum absolute atomic E-state index is 0.183. The molecule has 1 fully saturated rings. The number of thioether (sulfide) groups is 1. The van der Waals surface area contributed by atoms with E-state index in [1.54, 1.807) is 37.3 Å². The molecule has 8 nitrogen and oxygen atoms in total. The molecule has 1 saturated carbocycles. The van der Waals surface area contributed by atoms with E-state index in [1.807, 2.05) is 17.5 Å². The highest BCUT2D eigenvalue weighted by Gasteiger charge is 2.30. The van der Waals surface area contributed by atoms with E-state index in [0.717, 1.165) is 28.7 Å². The molecule has 0 aliphatic heterocycles. The van der Waals surface area contributed by atoms with Crippen LogP contribution in [0.2, 0.25) is 0 Å². The van der Waals surface area contributed by atoms with E-state index in [9.17, 15) is 13.2 Å². The summed E-state index contributed by atoms with van der Waals surface area (Å²) in [6, 6.07) is 10.7. The second-order valence-corrected chi connectivity index (χ2v) is 11.2. The van der Waals surface area contributed by atoms with Crippen molar-refractivity contribution in [2.75, 3.05) is 24.2 Å². The number of amides is 1. The molecule has 0 atom stereocenters. The van der Waals surface area contributed by atoms with E-state index in [1.165, 1.54) is 28.2 Å². The van der Waals surface area contributed by atoms with Gasteiger partial charge in [-0.15, -0.1) is 21.5 Å². The molecular weight excluding hydrogens is 466 g/mol. The van der Waals surface area contributed by atoms with Gasteiger partial charge < -0.3 is 5.32 Å². The van der Waals surface area contributed by atoms with Gasteiger partial charge in [0, 0.05) is 24.8 Å². The Hall–Kier alpha value is -2.21. The number of aromatic nitrogens is 3. The lowest BCUT2D eigenvalue weighted by molar-refractivity contribution is -0.113. The summed E-state index contributed by atoms with van der Waals surface area (Å²) in [6.07, 6.45) is 2.19. The number of thiophene rings is 1. The second-order valence-electron chi connectivity index (χ2n) is 7.34. The normalized spacial score (nSPS) is 14.1. The predicted octanol–water partition coefficient (Wildman–Crippen LogP) is 4.10. The smallest absolute Gasteiger partial charge is 0.243 e. The van der Waals surface area contributed by atoms with E-state index in [4.69, 9.17) is 0 Å². The minimum atomic E-state index is -3.52. The number of carbonyl (C=O) groups excluding carboxylic acids is 1. The Morgan fingerprint density at radius 2 is 1.91 bits per heavy atom. The fourth-order valence-corrected chi connectivity index (χ4v) is 6.33. The first kappa shape index (κ1) is 23.0. The molecule has 0 bridgehead atoms. The first-order chi connectivity index (χ1) is 15.4. The summed E-state index contributed by atoms with van der Waals surface area (Å²) < 4.78 is 28.7. The Kier molecular flexibility index (Phi) is 6.99. The van der Waals surface area contributed by atoms with Crippen LogP contribution in [0.3, 0.4) is 0 Å². The van der Waals surface area contributed by atoms with Gasteiger partial charge in [-0.1, -0.05) is 31.7 Å². The molecule has 4 rings (SSSR count). The maximum Gasteiger partial charge on any atom is 0.243 e. The zero-order valence-corrected chi connectivity index (χ0v) is 20.3. The highest BCUT2D eigenvalue weighted by molar-refractivity contribution is 7.99. The predicted molar refractivity (Wildman–Crippen MR) is 128 cm³/mol. The fourth-order valence-electron chi connectivity index (χ4n) is 3.36. The number of nitrogens with zero attached hydrogens (tertiary/aromatic N) is 4. The molecule has 1 aliphatic carbocycles. The van der Waals surface area contributed by atoms with Crippen LogP contribution in [0.4, 0.5) is 5.69 Å². The van der Waals surface area contributed by atoms with Gasteiger partial charge in [-0.05, 0) is 48.6 Å². The minimum Gasteiger partial charge on any atom is -0.325 e. The van der Waals surface area contributed by atoms with Gasteiger partial charge in [0.15, 0.2) is 11.0 Å². The van der Waals surface area contributed by atoms with Gasteiger partial charge in [-0.25, -0.2) is 8.42 Å². The van der Waals surface area contributed by atoms with Gasteiger partial charge in [0.25, 0.3) is 0 Å². The molecule has 1 aliphatic rings. The number of hydrogen-bond acceptors (Lipinski definition) is 7. The standard InChI is InChI=1S/C21H25N5O3S3/c1-3-25(4-2)32(28,29)17-11-7-15(8-12-17)22-19(27)14-31-21-24-23-20(18-6-5-13-30-18)26(21)16-9-10-16/h5-8,11-13,16H,3-4,9-10,14H2,1-2H3,(H,22,27). The lowest BCUT2D eigenvalue weighted by Crippen LogP contribution is -2.30. The average molecular weight is 492 g/mol. The fraction of sp³-hybridized carbons (Fsp3) is 0.381. The van der Waals surface area contributed by atoms with Crippen molar-refractivity contribution in [3.05, 3.63) is 41.8 Å². The summed E-state index contributed by atoms with van der Waals surface area (Å²) in [5.74, 6) is 0.863. The topological polar surface area (TPSA) is 97.2 Å². The Labute approximate surface area is 196 Å². The van der Waals surface area contributed by atoms with Crippen molar-refractivity contribution in [2.45, 2.75) is 42.8 Å². The van der Waals surface area contributed by atoms with Crippen molar-refractivity contribution in [3.8, 4) is 10.7 Å². The summed E-state index contributed by atoms with van der Waals surface area (Å²) >= 11 is 2.98. The first-order valence-electron chi connectivity index (χ1n) is 10.5. The molecule has 2 heterocycles. The van der Waals surface area contributed by atoms with Gasteiger partial charge >= 0.3 is 0 Å². The summed E-state index contributed by atoms with van der Waals surface area (Å²) in [5, 5.41) is 14.2. The molecule has 170 valence electrons. The van der Waals surface area contributed by atoms with E-state index in [2.05, 4.69) is 20.1 Å². The largest absolute Gasteiger partial charge is 0.325 e. The van der Waals surface area contributed by atoms with Crippen molar-refractivity contribution < 1.29 is 13.2 Å². The second kappa shape index (κ2) is 9.74. The zero-order valence-electron chi connectivity index (χ0n) is 17.9. The maximum atomic E-state index is 12.6. The number of sulfonamides is 1. The van der Waals surface area contributed by atoms with Crippen LogP contribution in [-0.2, 0) is 14.8 Å². The van der Waals surface area contributed by atoms with Gasteiger partial charge in [-0.3, -0.25) is 9.36 Å². The lowest BCUT2D eigenvalue weighted by atomic mass is 10.3. The molecule has 32 heavy (non-hydrogen) atoms. The third-order valence-corrected chi connectivity index (χ3v) is 9.00. The molecule has 11 heteroatoms. The summed E-state index contributed by atoms with van der Waals surface area (Å²) in [6.45, 7) is 4.43. The molecule has 0 saturated heterocycles. The monoisotopic (exact) mass is 491 g/mol. The lowest BCUT2D eigenvalue weighted by Gasteiger charge is -2.18. The first-order valence-corrected chi connectivity index (χ1v) is 13.8. The molecule has 0 unspecified atom stereocenters. The van der Waals surface area contributed by atoms with Crippen LogP contribution in [0.5, 0.6) is 0 Å².